The first-order valence-electron chi connectivity index (χ1n) is 8.16. The van der Waals surface area contributed by atoms with Gasteiger partial charge in [0.15, 0.2) is 5.82 Å². The molecule has 0 spiro atoms. The SMILES string of the molecule is CCc1noc(CN2CCN(C(=O)c3ccc(C)c(F)c3)CC2)n1. The van der Waals surface area contributed by atoms with Crippen molar-refractivity contribution in [3.8, 4) is 0 Å². The van der Waals surface area contributed by atoms with Crippen molar-refractivity contribution in [3.63, 3.8) is 0 Å². The number of halogens is 1. The average molecular weight is 332 g/mol. The van der Waals surface area contributed by atoms with Gasteiger partial charge in [-0.25, -0.2) is 4.39 Å². The van der Waals surface area contributed by atoms with Gasteiger partial charge in [0.1, 0.15) is 5.82 Å². The van der Waals surface area contributed by atoms with Crippen molar-refractivity contribution in [1.82, 2.24) is 19.9 Å². The molecule has 2 heterocycles. The maximum atomic E-state index is 13.6. The van der Waals surface area contributed by atoms with Crippen molar-refractivity contribution in [2.24, 2.45) is 0 Å². The van der Waals surface area contributed by atoms with Gasteiger partial charge in [0.25, 0.3) is 5.91 Å². The number of piperazine rings is 1. The summed E-state index contributed by atoms with van der Waals surface area (Å²) in [5, 5.41) is 3.89. The topological polar surface area (TPSA) is 62.5 Å². The molecular formula is C17H21FN4O2. The standard InChI is InChI=1S/C17H21FN4O2/c1-3-15-19-16(24-20-15)11-21-6-8-22(9-7-21)17(23)13-5-4-12(2)14(18)10-13/h4-5,10H,3,6-9,11H2,1-2H3. The zero-order valence-electron chi connectivity index (χ0n) is 14.0. The molecule has 24 heavy (non-hydrogen) atoms. The summed E-state index contributed by atoms with van der Waals surface area (Å²) in [5.74, 6) is 0.842. The van der Waals surface area contributed by atoms with Crippen LogP contribution < -0.4 is 0 Å². The lowest BCUT2D eigenvalue weighted by atomic mass is 10.1. The van der Waals surface area contributed by atoms with E-state index in [1.165, 1.54) is 6.07 Å². The fourth-order valence-electron chi connectivity index (χ4n) is 2.71. The van der Waals surface area contributed by atoms with E-state index in [1.807, 2.05) is 6.92 Å². The van der Waals surface area contributed by atoms with Crippen molar-refractivity contribution in [1.29, 1.82) is 0 Å². The Labute approximate surface area is 140 Å². The van der Waals surface area contributed by atoms with Gasteiger partial charge in [0.2, 0.25) is 5.89 Å². The summed E-state index contributed by atoms with van der Waals surface area (Å²) in [6.07, 6.45) is 0.749. The maximum absolute atomic E-state index is 13.6. The molecule has 1 aromatic heterocycles. The molecule has 0 unspecified atom stereocenters. The Morgan fingerprint density at radius 2 is 2.04 bits per heavy atom. The predicted molar refractivity (Wildman–Crippen MR) is 86.0 cm³/mol. The molecule has 2 aromatic rings. The van der Waals surface area contributed by atoms with E-state index in [2.05, 4.69) is 15.0 Å². The quantitative estimate of drug-likeness (QED) is 0.857. The second-order valence-corrected chi connectivity index (χ2v) is 5.99. The lowest BCUT2D eigenvalue weighted by Crippen LogP contribution is -2.48. The molecule has 0 radical (unpaired) electrons. The zero-order valence-corrected chi connectivity index (χ0v) is 14.0. The summed E-state index contributed by atoms with van der Waals surface area (Å²) in [5.41, 5.74) is 0.943. The van der Waals surface area contributed by atoms with Gasteiger partial charge < -0.3 is 9.42 Å². The highest BCUT2D eigenvalue weighted by Crippen LogP contribution is 2.14. The number of benzene rings is 1. The number of rotatable bonds is 4. The van der Waals surface area contributed by atoms with Crippen molar-refractivity contribution >= 4 is 5.91 Å². The third kappa shape index (κ3) is 3.62. The fraction of sp³-hybridized carbons (Fsp3) is 0.471. The van der Waals surface area contributed by atoms with Gasteiger partial charge in [-0.2, -0.15) is 4.98 Å². The van der Waals surface area contributed by atoms with Crippen LogP contribution in [-0.4, -0.2) is 52.0 Å². The van der Waals surface area contributed by atoms with Crippen LogP contribution in [0.2, 0.25) is 0 Å². The molecule has 1 fully saturated rings. The second kappa shape index (κ2) is 7.09. The Morgan fingerprint density at radius 1 is 1.29 bits per heavy atom. The van der Waals surface area contributed by atoms with Gasteiger partial charge in [-0.3, -0.25) is 9.69 Å². The van der Waals surface area contributed by atoms with Crippen LogP contribution in [0, 0.1) is 12.7 Å². The Hall–Kier alpha value is -2.28. The number of hydrogen-bond acceptors (Lipinski definition) is 5. The van der Waals surface area contributed by atoms with Crippen molar-refractivity contribution in [3.05, 3.63) is 46.9 Å². The zero-order chi connectivity index (χ0) is 17.1. The van der Waals surface area contributed by atoms with Gasteiger partial charge >= 0.3 is 0 Å². The lowest BCUT2D eigenvalue weighted by Gasteiger charge is -2.34. The molecule has 1 aliphatic heterocycles. The smallest absolute Gasteiger partial charge is 0.254 e. The predicted octanol–water partition coefficient (Wildman–Crippen LogP) is 2.04. The Bertz CT molecular complexity index is 723. The number of aromatic nitrogens is 2. The minimum Gasteiger partial charge on any atom is -0.338 e. The molecule has 128 valence electrons. The summed E-state index contributed by atoms with van der Waals surface area (Å²) >= 11 is 0. The molecule has 0 saturated carbocycles. The number of hydrogen-bond donors (Lipinski definition) is 0. The van der Waals surface area contributed by atoms with Gasteiger partial charge in [-0.15, -0.1) is 0 Å². The molecule has 3 rings (SSSR count). The van der Waals surface area contributed by atoms with E-state index in [1.54, 1.807) is 24.0 Å². The average Bonchev–Trinajstić information content (AvgIpc) is 3.05. The summed E-state index contributed by atoms with van der Waals surface area (Å²) in [6, 6.07) is 4.63. The lowest BCUT2D eigenvalue weighted by molar-refractivity contribution is 0.0614. The van der Waals surface area contributed by atoms with Gasteiger partial charge in [0, 0.05) is 38.2 Å². The van der Waals surface area contributed by atoms with Gasteiger partial charge in [-0.1, -0.05) is 18.1 Å². The number of carbonyl (C=O) groups is 1. The number of nitrogens with zero attached hydrogens (tertiary/aromatic N) is 4. The Kier molecular flexibility index (Phi) is 4.89. The van der Waals surface area contributed by atoms with Crippen LogP contribution in [0.15, 0.2) is 22.7 Å². The summed E-state index contributed by atoms with van der Waals surface area (Å²) in [4.78, 5) is 20.7. The molecule has 7 heteroatoms. The molecular weight excluding hydrogens is 311 g/mol. The molecule has 1 amide bonds. The van der Waals surface area contributed by atoms with Crippen molar-refractivity contribution in [2.75, 3.05) is 26.2 Å². The monoisotopic (exact) mass is 332 g/mol. The second-order valence-electron chi connectivity index (χ2n) is 5.99. The van der Waals surface area contributed by atoms with Crippen molar-refractivity contribution in [2.45, 2.75) is 26.8 Å². The van der Waals surface area contributed by atoms with Gasteiger partial charge in [0.05, 0.1) is 6.54 Å². The van der Waals surface area contributed by atoms with Crippen LogP contribution in [-0.2, 0) is 13.0 Å². The van der Waals surface area contributed by atoms with Gasteiger partial charge in [-0.05, 0) is 24.6 Å². The molecule has 0 aliphatic carbocycles. The minimum absolute atomic E-state index is 0.125. The molecule has 1 aliphatic rings. The minimum atomic E-state index is -0.345. The number of carbonyl (C=O) groups excluding carboxylic acids is 1. The maximum Gasteiger partial charge on any atom is 0.254 e. The summed E-state index contributed by atoms with van der Waals surface area (Å²) in [6.45, 7) is 6.91. The highest BCUT2D eigenvalue weighted by atomic mass is 19.1. The molecule has 0 bridgehead atoms. The molecule has 1 saturated heterocycles. The van der Waals surface area contributed by atoms with Crippen LogP contribution in [0.3, 0.4) is 0 Å². The van der Waals surface area contributed by atoms with Crippen LogP contribution >= 0.6 is 0 Å². The van der Waals surface area contributed by atoms with E-state index in [-0.39, 0.29) is 11.7 Å². The summed E-state index contributed by atoms with van der Waals surface area (Å²) < 4.78 is 18.8. The molecule has 0 N–H and O–H groups in total. The largest absolute Gasteiger partial charge is 0.338 e. The van der Waals surface area contributed by atoms with Crippen LogP contribution in [0.5, 0.6) is 0 Å². The van der Waals surface area contributed by atoms with E-state index in [0.717, 1.165) is 19.5 Å². The van der Waals surface area contributed by atoms with E-state index in [4.69, 9.17) is 4.52 Å². The first kappa shape index (κ1) is 16.6. The Balaban J connectivity index is 1.56. The molecule has 0 atom stereocenters. The van der Waals surface area contributed by atoms with E-state index >= 15 is 0 Å². The van der Waals surface area contributed by atoms with Crippen LogP contribution in [0.25, 0.3) is 0 Å². The third-order valence-corrected chi connectivity index (χ3v) is 4.26. The highest BCUT2D eigenvalue weighted by Gasteiger charge is 2.23. The molecule has 1 aromatic carbocycles. The summed E-state index contributed by atoms with van der Waals surface area (Å²) in [7, 11) is 0. The first-order valence-corrected chi connectivity index (χ1v) is 8.16. The van der Waals surface area contributed by atoms with E-state index < -0.39 is 0 Å². The van der Waals surface area contributed by atoms with Crippen LogP contribution in [0.4, 0.5) is 4.39 Å². The number of amides is 1. The highest BCUT2D eigenvalue weighted by molar-refractivity contribution is 5.94. The van der Waals surface area contributed by atoms with E-state index in [0.29, 0.717) is 42.5 Å². The normalized spacial score (nSPS) is 15.7. The van der Waals surface area contributed by atoms with Crippen molar-refractivity contribution < 1.29 is 13.7 Å². The Morgan fingerprint density at radius 3 is 2.67 bits per heavy atom. The third-order valence-electron chi connectivity index (χ3n) is 4.26. The van der Waals surface area contributed by atoms with Crippen LogP contribution in [0.1, 0.15) is 34.6 Å². The number of aryl methyl sites for hydroxylation is 2. The first-order chi connectivity index (χ1) is 11.6. The fourth-order valence-corrected chi connectivity index (χ4v) is 2.71. The van der Waals surface area contributed by atoms with E-state index in [9.17, 15) is 9.18 Å². The molecule has 6 nitrogen and oxygen atoms in total.